The minimum Gasteiger partial charge on any atom is -0.313 e. The Bertz CT molecular complexity index is 801. The van der Waals surface area contributed by atoms with Crippen molar-refractivity contribution in [2.75, 3.05) is 5.32 Å². The number of aromatic nitrogens is 2. The Hall–Kier alpha value is -2.86. The molecule has 1 heterocycles. The van der Waals surface area contributed by atoms with Crippen LogP contribution in [0.2, 0.25) is 0 Å². The van der Waals surface area contributed by atoms with Crippen LogP contribution in [0.3, 0.4) is 0 Å². The summed E-state index contributed by atoms with van der Waals surface area (Å²) in [5, 5.41) is 20.6. The van der Waals surface area contributed by atoms with Crippen LogP contribution in [0.5, 0.6) is 0 Å². The SMILES string of the molecule is Cn1c(NC(=O)C2(C#N)CC2)nc2cc(C#N)ccc21. The van der Waals surface area contributed by atoms with Crippen LogP contribution in [0, 0.1) is 28.1 Å². The Morgan fingerprint density at radius 2 is 2.20 bits per heavy atom. The number of imidazole rings is 1. The third-order valence-corrected chi connectivity index (χ3v) is 3.63. The predicted octanol–water partition coefficient (Wildman–Crippen LogP) is 1.69. The van der Waals surface area contributed by atoms with Gasteiger partial charge in [0.25, 0.3) is 0 Å². The number of benzene rings is 1. The van der Waals surface area contributed by atoms with Crippen molar-refractivity contribution in [3.63, 3.8) is 0 Å². The van der Waals surface area contributed by atoms with Crippen molar-refractivity contribution in [3.05, 3.63) is 23.8 Å². The first-order chi connectivity index (χ1) is 9.59. The van der Waals surface area contributed by atoms with Gasteiger partial charge in [0.05, 0.1) is 28.7 Å². The summed E-state index contributed by atoms with van der Waals surface area (Å²) in [4.78, 5) is 16.3. The van der Waals surface area contributed by atoms with Gasteiger partial charge in [-0.05, 0) is 31.0 Å². The summed E-state index contributed by atoms with van der Waals surface area (Å²) in [7, 11) is 1.78. The second-order valence-corrected chi connectivity index (χ2v) is 4.96. The van der Waals surface area contributed by atoms with E-state index in [4.69, 9.17) is 10.5 Å². The minimum atomic E-state index is -0.879. The third-order valence-electron chi connectivity index (χ3n) is 3.63. The molecule has 1 saturated carbocycles. The van der Waals surface area contributed by atoms with Crippen molar-refractivity contribution in [2.24, 2.45) is 12.5 Å². The van der Waals surface area contributed by atoms with Gasteiger partial charge in [0, 0.05) is 7.05 Å². The highest BCUT2D eigenvalue weighted by atomic mass is 16.2. The molecule has 1 aliphatic carbocycles. The second-order valence-electron chi connectivity index (χ2n) is 4.96. The van der Waals surface area contributed by atoms with Gasteiger partial charge in [0.2, 0.25) is 11.9 Å². The van der Waals surface area contributed by atoms with E-state index in [1.54, 1.807) is 29.8 Å². The first kappa shape index (κ1) is 12.2. The molecule has 0 radical (unpaired) electrons. The number of aryl methyl sites for hydroxylation is 1. The van der Waals surface area contributed by atoms with E-state index in [1.165, 1.54) is 0 Å². The zero-order chi connectivity index (χ0) is 14.3. The molecule has 20 heavy (non-hydrogen) atoms. The van der Waals surface area contributed by atoms with E-state index in [0.29, 0.717) is 29.9 Å². The fraction of sp³-hybridized carbons (Fsp3) is 0.286. The van der Waals surface area contributed by atoms with Gasteiger partial charge >= 0.3 is 0 Å². The number of anilines is 1. The van der Waals surface area contributed by atoms with Gasteiger partial charge in [-0.3, -0.25) is 10.1 Å². The maximum Gasteiger partial charge on any atom is 0.247 e. The molecule has 1 aliphatic rings. The smallest absolute Gasteiger partial charge is 0.247 e. The first-order valence-electron chi connectivity index (χ1n) is 6.19. The summed E-state index contributed by atoms with van der Waals surface area (Å²) < 4.78 is 1.74. The molecule has 98 valence electrons. The van der Waals surface area contributed by atoms with Gasteiger partial charge < -0.3 is 4.57 Å². The topological polar surface area (TPSA) is 94.5 Å². The lowest BCUT2D eigenvalue weighted by Gasteiger charge is -2.07. The molecular weight excluding hydrogens is 254 g/mol. The Balaban J connectivity index is 1.97. The van der Waals surface area contributed by atoms with Crippen LogP contribution >= 0.6 is 0 Å². The lowest BCUT2D eigenvalue weighted by molar-refractivity contribution is -0.119. The first-order valence-corrected chi connectivity index (χ1v) is 6.19. The number of carbonyl (C=O) groups excluding carboxylic acids is 1. The van der Waals surface area contributed by atoms with Crippen LogP contribution in [-0.2, 0) is 11.8 Å². The molecule has 0 atom stereocenters. The quantitative estimate of drug-likeness (QED) is 0.893. The normalized spacial score (nSPS) is 15.3. The standard InChI is InChI=1S/C14H11N5O/c1-19-11-3-2-9(7-15)6-10(11)17-13(19)18-12(20)14(8-16)4-5-14/h2-3,6H,4-5H2,1H3,(H,17,18,20). The van der Waals surface area contributed by atoms with Crippen molar-refractivity contribution in [1.29, 1.82) is 10.5 Å². The van der Waals surface area contributed by atoms with Gasteiger partial charge in [-0.2, -0.15) is 10.5 Å². The van der Waals surface area contributed by atoms with Crippen LogP contribution in [0.4, 0.5) is 5.95 Å². The summed E-state index contributed by atoms with van der Waals surface area (Å²) in [6.07, 6.45) is 1.19. The van der Waals surface area contributed by atoms with E-state index in [0.717, 1.165) is 5.52 Å². The highest BCUT2D eigenvalue weighted by Crippen LogP contribution is 2.45. The number of nitriles is 2. The Kier molecular flexibility index (Phi) is 2.48. The zero-order valence-corrected chi connectivity index (χ0v) is 10.8. The molecule has 0 aliphatic heterocycles. The predicted molar refractivity (Wildman–Crippen MR) is 71.3 cm³/mol. The van der Waals surface area contributed by atoms with Gasteiger partial charge in [0.15, 0.2) is 0 Å². The Morgan fingerprint density at radius 3 is 2.80 bits per heavy atom. The number of amides is 1. The fourth-order valence-corrected chi connectivity index (χ4v) is 2.12. The molecule has 1 fully saturated rings. The lowest BCUT2D eigenvalue weighted by atomic mass is 10.1. The van der Waals surface area contributed by atoms with E-state index >= 15 is 0 Å². The Labute approximate surface area is 115 Å². The van der Waals surface area contributed by atoms with Crippen LogP contribution in [-0.4, -0.2) is 15.5 Å². The third kappa shape index (κ3) is 1.70. The van der Waals surface area contributed by atoms with Crippen molar-refractivity contribution in [3.8, 4) is 12.1 Å². The second kappa shape index (κ2) is 4.07. The number of nitrogens with zero attached hydrogens (tertiary/aromatic N) is 4. The zero-order valence-electron chi connectivity index (χ0n) is 10.8. The number of nitrogens with one attached hydrogen (secondary N) is 1. The average molecular weight is 265 g/mol. The number of hydrogen-bond acceptors (Lipinski definition) is 4. The number of rotatable bonds is 2. The van der Waals surface area contributed by atoms with E-state index in [1.807, 2.05) is 0 Å². The number of carbonyl (C=O) groups is 1. The van der Waals surface area contributed by atoms with E-state index in [2.05, 4.69) is 22.4 Å². The van der Waals surface area contributed by atoms with Crippen molar-refractivity contribution >= 4 is 22.9 Å². The molecule has 2 aromatic rings. The Morgan fingerprint density at radius 1 is 1.45 bits per heavy atom. The molecule has 0 unspecified atom stereocenters. The van der Waals surface area contributed by atoms with Crippen LogP contribution < -0.4 is 5.32 Å². The molecule has 6 nitrogen and oxygen atoms in total. The van der Waals surface area contributed by atoms with Gasteiger partial charge in [-0.25, -0.2) is 4.98 Å². The number of hydrogen-bond donors (Lipinski definition) is 1. The van der Waals surface area contributed by atoms with E-state index in [-0.39, 0.29) is 5.91 Å². The molecule has 6 heteroatoms. The average Bonchev–Trinajstić information content (AvgIpc) is 3.21. The lowest BCUT2D eigenvalue weighted by Crippen LogP contribution is -2.24. The maximum atomic E-state index is 12.0. The molecule has 3 rings (SSSR count). The van der Waals surface area contributed by atoms with Crippen molar-refractivity contribution < 1.29 is 4.79 Å². The highest BCUT2D eigenvalue weighted by Gasteiger charge is 2.51. The molecule has 1 amide bonds. The summed E-state index contributed by atoms with van der Waals surface area (Å²) in [5.41, 5.74) is 1.10. The summed E-state index contributed by atoms with van der Waals surface area (Å²) >= 11 is 0. The van der Waals surface area contributed by atoms with E-state index in [9.17, 15) is 4.79 Å². The maximum absolute atomic E-state index is 12.0. The van der Waals surface area contributed by atoms with Gasteiger partial charge in [-0.15, -0.1) is 0 Å². The molecular formula is C14H11N5O. The van der Waals surface area contributed by atoms with Crippen LogP contribution in [0.25, 0.3) is 11.0 Å². The fourth-order valence-electron chi connectivity index (χ4n) is 2.12. The largest absolute Gasteiger partial charge is 0.313 e. The molecule has 0 saturated heterocycles. The highest BCUT2D eigenvalue weighted by molar-refractivity contribution is 5.99. The minimum absolute atomic E-state index is 0.307. The van der Waals surface area contributed by atoms with Crippen LogP contribution in [0.15, 0.2) is 18.2 Å². The summed E-state index contributed by atoms with van der Waals surface area (Å²) in [5.74, 6) is 0.0838. The summed E-state index contributed by atoms with van der Waals surface area (Å²) in [6.45, 7) is 0. The molecule has 1 aromatic carbocycles. The van der Waals surface area contributed by atoms with E-state index < -0.39 is 5.41 Å². The summed E-state index contributed by atoms with van der Waals surface area (Å²) in [6, 6.07) is 9.26. The number of fused-ring (bicyclic) bond motifs is 1. The molecule has 0 spiro atoms. The monoisotopic (exact) mass is 265 g/mol. The molecule has 0 bridgehead atoms. The van der Waals surface area contributed by atoms with Gasteiger partial charge in [-0.1, -0.05) is 0 Å². The van der Waals surface area contributed by atoms with Gasteiger partial charge in [0.1, 0.15) is 5.41 Å². The van der Waals surface area contributed by atoms with Crippen molar-refractivity contribution in [1.82, 2.24) is 9.55 Å². The van der Waals surface area contributed by atoms with Crippen LogP contribution in [0.1, 0.15) is 18.4 Å². The molecule has 1 aromatic heterocycles. The molecule has 1 N–H and O–H groups in total. The van der Waals surface area contributed by atoms with Crippen molar-refractivity contribution in [2.45, 2.75) is 12.8 Å².